The van der Waals surface area contributed by atoms with Gasteiger partial charge in [0, 0.05) is 5.69 Å². The first-order valence-corrected chi connectivity index (χ1v) is 6.22. The fourth-order valence-electron chi connectivity index (χ4n) is 2.82. The molecule has 0 fully saturated rings. The normalized spacial score (nSPS) is 18.0. The van der Waals surface area contributed by atoms with E-state index in [0.29, 0.717) is 0 Å². The van der Waals surface area contributed by atoms with Gasteiger partial charge in [-0.15, -0.1) is 0 Å². The predicted molar refractivity (Wildman–Crippen MR) is 71.9 cm³/mol. The molecule has 2 aromatic carbocycles. The lowest BCUT2D eigenvalue weighted by Crippen LogP contribution is -2.03. The van der Waals surface area contributed by atoms with Crippen molar-refractivity contribution < 1.29 is 0 Å². The fraction of sp³-hybridized carbons (Fsp3) is 0.250. The Morgan fingerprint density at radius 3 is 2.53 bits per heavy atom. The van der Waals surface area contributed by atoms with Gasteiger partial charge in [0.05, 0.1) is 0 Å². The molecule has 0 saturated carbocycles. The third kappa shape index (κ3) is 2.19. The van der Waals surface area contributed by atoms with Crippen molar-refractivity contribution in [1.82, 2.24) is 0 Å². The molecule has 1 aliphatic carbocycles. The van der Waals surface area contributed by atoms with E-state index in [1.807, 2.05) is 6.07 Å². The lowest BCUT2D eigenvalue weighted by Gasteiger charge is -2.08. The van der Waals surface area contributed by atoms with E-state index in [-0.39, 0.29) is 0 Å². The van der Waals surface area contributed by atoms with Gasteiger partial charge in [-0.1, -0.05) is 36.4 Å². The van der Waals surface area contributed by atoms with Gasteiger partial charge < -0.3 is 5.73 Å². The molecule has 2 N–H and O–H groups in total. The Morgan fingerprint density at radius 1 is 0.941 bits per heavy atom. The summed E-state index contributed by atoms with van der Waals surface area (Å²) in [5.41, 5.74) is 11.1. The number of nitrogen functional groups attached to an aromatic ring is 1. The van der Waals surface area contributed by atoms with Crippen LogP contribution >= 0.6 is 0 Å². The topological polar surface area (TPSA) is 26.0 Å². The molecule has 2 aromatic rings. The zero-order chi connectivity index (χ0) is 11.7. The molecule has 1 aliphatic rings. The molecule has 0 radical (unpaired) electrons. The minimum absolute atomic E-state index is 0.745. The second-order valence-electron chi connectivity index (χ2n) is 4.99. The first kappa shape index (κ1) is 10.4. The van der Waals surface area contributed by atoms with Gasteiger partial charge in [-0.2, -0.15) is 0 Å². The van der Waals surface area contributed by atoms with Gasteiger partial charge in [0.1, 0.15) is 0 Å². The number of nitrogens with two attached hydrogens (primary N) is 1. The van der Waals surface area contributed by atoms with E-state index in [4.69, 9.17) is 5.73 Å². The Labute approximate surface area is 102 Å². The van der Waals surface area contributed by atoms with Crippen molar-refractivity contribution in [3.05, 3.63) is 65.2 Å². The molecule has 0 heterocycles. The summed E-state index contributed by atoms with van der Waals surface area (Å²) in [6.45, 7) is 0. The van der Waals surface area contributed by atoms with Crippen LogP contribution in [-0.4, -0.2) is 0 Å². The average Bonchev–Trinajstić information content (AvgIpc) is 2.71. The molecule has 1 atom stereocenters. The Bertz CT molecular complexity index is 516. The Morgan fingerprint density at radius 2 is 1.71 bits per heavy atom. The van der Waals surface area contributed by atoms with Crippen molar-refractivity contribution in [3.8, 4) is 0 Å². The molecule has 0 bridgehead atoms. The van der Waals surface area contributed by atoms with Gasteiger partial charge in [-0.3, -0.25) is 0 Å². The molecule has 1 nitrogen and oxygen atoms in total. The van der Waals surface area contributed by atoms with E-state index in [2.05, 4.69) is 42.5 Å². The summed E-state index contributed by atoms with van der Waals surface area (Å²) < 4.78 is 0. The summed E-state index contributed by atoms with van der Waals surface area (Å²) in [6.07, 6.45) is 3.55. The van der Waals surface area contributed by atoms with E-state index in [0.717, 1.165) is 11.6 Å². The predicted octanol–water partition coefficient (Wildman–Crippen LogP) is 3.23. The van der Waals surface area contributed by atoms with Crippen molar-refractivity contribution >= 4 is 5.69 Å². The largest absolute Gasteiger partial charge is 0.399 e. The molecule has 1 heteroatoms. The van der Waals surface area contributed by atoms with Crippen molar-refractivity contribution in [1.29, 1.82) is 0 Å². The summed E-state index contributed by atoms with van der Waals surface area (Å²) in [4.78, 5) is 0. The van der Waals surface area contributed by atoms with Gasteiger partial charge in [-0.25, -0.2) is 0 Å². The fourth-order valence-corrected chi connectivity index (χ4v) is 2.82. The van der Waals surface area contributed by atoms with Crippen molar-refractivity contribution in [2.24, 2.45) is 5.92 Å². The molecular formula is C16H17N. The van der Waals surface area contributed by atoms with Crippen molar-refractivity contribution in [3.63, 3.8) is 0 Å². The summed E-state index contributed by atoms with van der Waals surface area (Å²) in [5.74, 6) is 0.745. The van der Waals surface area contributed by atoms with Crippen molar-refractivity contribution in [2.45, 2.75) is 19.3 Å². The smallest absolute Gasteiger partial charge is 0.0316 e. The molecule has 0 saturated heterocycles. The van der Waals surface area contributed by atoms with Gasteiger partial charge in [-0.05, 0) is 54.0 Å². The highest BCUT2D eigenvalue weighted by atomic mass is 14.5. The lowest BCUT2D eigenvalue weighted by atomic mass is 9.97. The number of benzene rings is 2. The molecule has 3 rings (SSSR count). The monoisotopic (exact) mass is 223 g/mol. The van der Waals surface area contributed by atoms with Crippen LogP contribution in [0.4, 0.5) is 5.69 Å². The SMILES string of the molecule is Nc1ccc2c(c1)CC(Cc1ccccc1)C2. The second-order valence-corrected chi connectivity index (χ2v) is 4.99. The summed E-state index contributed by atoms with van der Waals surface area (Å²) >= 11 is 0. The first-order valence-electron chi connectivity index (χ1n) is 6.22. The van der Waals surface area contributed by atoms with Gasteiger partial charge in [0.2, 0.25) is 0 Å². The van der Waals surface area contributed by atoms with E-state index >= 15 is 0 Å². The van der Waals surface area contributed by atoms with E-state index < -0.39 is 0 Å². The van der Waals surface area contributed by atoms with Crippen LogP contribution in [-0.2, 0) is 19.3 Å². The third-order valence-electron chi connectivity index (χ3n) is 3.61. The van der Waals surface area contributed by atoms with Crippen LogP contribution < -0.4 is 5.73 Å². The quantitative estimate of drug-likeness (QED) is 0.777. The highest BCUT2D eigenvalue weighted by Crippen LogP contribution is 2.30. The number of fused-ring (bicyclic) bond motifs is 1. The number of rotatable bonds is 2. The van der Waals surface area contributed by atoms with Crippen LogP contribution in [0.15, 0.2) is 48.5 Å². The maximum atomic E-state index is 5.83. The van der Waals surface area contributed by atoms with Gasteiger partial charge >= 0.3 is 0 Å². The Kier molecular flexibility index (Phi) is 2.60. The number of hydrogen-bond acceptors (Lipinski definition) is 1. The highest BCUT2D eigenvalue weighted by Gasteiger charge is 2.21. The lowest BCUT2D eigenvalue weighted by molar-refractivity contribution is 0.559. The zero-order valence-electron chi connectivity index (χ0n) is 9.89. The van der Waals surface area contributed by atoms with Crippen LogP contribution in [0, 0.1) is 5.92 Å². The first-order chi connectivity index (χ1) is 8.31. The van der Waals surface area contributed by atoms with Crippen LogP contribution in [0.3, 0.4) is 0 Å². The minimum atomic E-state index is 0.745. The molecule has 0 aliphatic heterocycles. The van der Waals surface area contributed by atoms with Gasteiger partial charge in [0.25, 0.3) is 0 Å². The number of anilines is 1. The summed E-state index contributed by atoms with van der Waals surface area (Å²) in [5, 5.41) is 0. The molecule has 86 valence electrons. The molecule has 0 aromatic heterocycles. The maximum Gasteiger partial charge on any atom is 0.0316 e. The van der Waals surface area contributed by atoms with Crippen LogP contribution in [0.5, 0.6) is 0 Å². The molecule has 0 amide bonds. The molecule has 0 spiro atoms. The minimum Gasteiger partial charge on any atom is -0.399 e. The number of hydrogen-bond donors (Lipinski definition) is 1. The third-order valence-corrected chi connectivity index (χ3v) is 3.61. The molecular weight excluding hydrogens is 206 g/mol. The Balaban J connectivity index is 1.74. The van der Waals surface area contributed by atoms with E-state index in [9.17, 15) is 0 Å². The molecule has 1 unspecified atom stereocenters. The van der Waals surface area contributed by atoms with Gasteiger partial charge in [0.15, 0.2) is 0 Å². The standard InChI is InChI=1S/C16H17N/c17-16-7-6-14-9-13(10-15(14)11-16)8-12-4-2-1-3-5-12/h1-7,11,13H,8-10,17H2. The maximum absolute atomic E-state index is 5.83. The van der Waals surface area contributed by atoms with E-state index in [1.54, 1.807) is 0 Å². The van der Waals surface area contributed by atoms with Crippen LogP contribution in [0.25, 0.3) is 0 Å². The van der Waals surface area contributed by atoms with E-state index in [1.165, 1.54) is 36.0 Å². The Hall–Kier alpha value is -1.76. The summed E-state index contributed by atoms with van der Waals surface area (Å²) in [6, 6.07) is 17.1. The average molecular weight is 223 g/mol. The highest BCUT2D eigenvalue weighted by molar-refractivity contribution is 5.47. The summed E-state index contributed by atoms with van der Waals surface area (Å²) in [7, 11) is 0. The van der Waals surface area contributed by atoms with Crippen LogP contribution in [0.2, 0.25) is 0 Å². The van der Waals surface area contributed by atoms with Crippen LogP contribution in [0.1, 0.15) is 16.7 Å². The molecule has 17 heavy (non-hydrogen) atoms. The second kappa shape index (κ2) is 4.25. The van der Waals surface area contributed by atoms with Crippen molar-refractivity contribution in [2.75, 3.05) is 5.73 Å². The zero-order valence-corrected chi connectivity index (χ0v) is 9.89.